The van der Waals surface area contributed by atoms with Crippen LogP contribution in [-0.2, 0) is 6.54 Å². The van der Waals surface area contributed by atoms with E-state index in [4.69, 9.17) is 0 Å². The molecule has 23 heavy (non-hydrogen) atoms. The Bertz CT molecular complexity index is 770. The molecule has 0 aliphatic rings. The Hall–Kier alpha value is -2.39. The first-order chi connectivity index (χ1) is 11.2. The average Bonchev–Trinajstić information content (AvgIpc) is 2.61. The molecular formula is C20H16BrNO. The zero-order valence-corrected chi connectivity index (χ0v) is 14.1. The first-order valence-corrected chi connectivity index (χ1v) is 8.20. The van der Waals surface area contributed by atoms with Crippen molar-refractivity contribution in [1.82, 2.24) is 0 Å². The van der Waals surface area contributed by atoms with Gasteiger partial charge in [-0.25, -0.2) is 0 Å². The normalized spacial score (nSPS) is 10.3. The highest BCUT2D eigenvalue weighted by Crippen LogP contribution is 2.21. The largest absolute Gasteiger partial charge is 0.304 e. The summed E-state index contributed by atoms with van der Waals surface area (Å²) < 4.78 is 0.961. The minimum absolute atomic E-state index is 0.00690. The smallest absolute Gasteiger partial charge is 0.258 e. The lowest BCUT2D eigenvalue weighted by molar-refractivity contribution is 0.0985. The van der Waals surface area contributed by atoms with E-state index in [1.165, 1.54) is 0 Å². The Morgan fingerprint density at radius 1 is 0.783 bits per heavy atom. The quantitative estimate of drug-likeness (QED) is 0.614. The van der Waals surface area contributed by atoms with Crippen LogP contribution in [0.25, 0.3) is 0 Å². The molecule has 0 aromatic heterocycles. The summed E-state index contributed by atoms with van der Waals surface area (Å²) in [5, 5.41) is 0. The summed E-state index contributed by atoms with van der Waals surface area (Å²) in [5.41, 5.74) is 2.67. The maximum absolute atomic E-state index is 13.0. The lowest BCUT2D eigenvalue weighted by atomic mass is 10.1. The predicted molar refractivity (Wildman–Crippen MR) is 97.5 cm³/mol. The van der Waals surface area contributed by atoms with Crippen LogP contribution in [0.3, 0.4) is 0 Å². The minimum atomic E-state index is -0.00690. The van der Waals surface area contributed by atoms with Crippen molar-refractivity contribution in [2.45, 2.75) is 6.54 Å². The van der Waals surface area contributed by atoms with Gasteiger partial charge in [0.05, 0.1) is 6.54 Å². The first kappa shape index (κ1) is 15.5. The fourth-order valence-electron chi connectivity index (χ4n) is 2.40. The van der Waals surface area contributed by atoms with Gasteiger partial charge in [-0.1, -0.05) is 64.5 Å². The van der Waals surface area contributed by atoms with Gasteiger partial charge in [-0.05, 0) is 42.0 Å². The molecule has 0 saturated carbocycles. The summed E-state index contributed by atoms with van der Waals surface area (Å²) in [4.78, 5) is 14.8. The van der Waals surface area contributed by atoms with Gasteiger partial charge in [-0.2, -0.15) is 0 Å². The average molecular weight is 366 g/mol. The Morgan fingerprint density at radius 2 is 1.35 bits per heavy atom. The SMILES string of the molecule is O=C(c1ccc(Br)cc1)N(Cc1ccccc1)c1ccccc1. The molecule has 114 valence electrons. The molecule has 0 fully saturated rings. The van der Waals surface area contributed by atoms with Gasteiger partial charge in [0.25, 0.3) is 5.91 Å². The number of nitrogens with zero attached hydrogens (tertiary/aromatic N) is 1. The standard InChI is InChI=1S/C20H16BrNO/c21-18-13-11-17(12-14-18)20(23)22(19-9-5-2-6-10-19)15-16-7-3-1-4-8-16/h1-14H,15H2. The number of carbonyl (C=O) groups excluding carboxylic acids is 1. The number of amides is 1. The molecule has 2 nitrogen and oxygen atoms in total. The second kappa shape index (κ2) is 7.25. The molecule has 0 N–H and O–H groups in total. The number of hydrogen-bond acceptors (Lipinski definition) is 1. The van der Waals surface area contributed by atoms with Gasteiger partial charge >= 0.3 is 0 Å². The van der Waals surface area contributed by atoms with Crippen LogP contribution in [0.5, 0.6) is 0 Å². The van der Waals surface area contributed by atoms with E-state index in [0.29, 0.717) is 12.1 Å². The summed E-state index contributed by atoms with van der Waals surface area (Å²) in [6, 6.07) is 27.2. The number of rotatable bonds is 4. The van der Waals surface area contributed by atoms with E-state index in [1.54, 1.807) is 4.90 Å². The van der Waals surface area contributed by atoms with Crippen molar-refractivity contribution in [3.8, 4) is 0 Å². The third-order valence-electron chi connectivity index (χ3n) is 3.59. The predicted octanol–water partition coefficient (Wildman–Crippen LogP) is 5.30. The van der Waals surface area contributed by atoms with Gasteiger partial charge in [0, 0.05) is 15.7 Å². The van der Waals surface area contributed by atoms with Gasteiger partial charge in [-0.15, -0.1) is 0 Å². The molecular weight excluding hydrogens is 350 g/mol. The monoisotopic (exact) mass is 365 g/mol. The van der Waals surface area contributed by atoms with Crippen molar-refractivity contribution >= 4 is 27.5 Å². The number of halogens is 1. The summed E-state index contributed by atoms with van der Waals surface area (Å²) in [5.74, 6) is -0.00690. The number of hydrogen-bond donors (Lipinski definition) is 0. The Balaban J connectivity index is 1.94. The third-order valence-corrected chi connectivity index (χ3v) is 4.12. The molecule has 0 heterocycles. The molecule has 0 spiro atoms. The molecule has 3 rings (SSSR count). The van der Waals surface area contributed by atoms with Gasteiger partial charge in [-0.3, -0.25) is 4.79 Å². The second-order valence-electron chi connectivity index (χ2n) is 5.22. The van der Waals surface area contributed by atoms with Crippen molar-refractivity contribution in [2.75, 3.05) is 4.90 Å². The maximum atomic E-state index is 13.0. The van der Waals surface area contributed by atoms with Gasteiger partial charge < -0.3 is 4.90 Å². The van der Waals surface area contributed by atoms with Gasteiger partial charge in [0.2, 0.25) is 0 Å². The maximum Gasteiger partial charge on any atom is 0.258 e. The van der Waals surface area contributed by atoms with Crippen LogP contribution in [0.4, 0.5) is 5.69 Å². The number of anilines is 1. The van der Waals surface area contributed by atoms with Crippen LogP contribution in [0, 0.1) is 0 Å². The second-order valence-corrected chi connectivity index (χ2v) is 6.14. The van der Waals surface area contributed by atoms with Crippen molar-refractivity contribution < 1.29 is 4.79 Å². The fraction of sp³-hybridized carbons (Fsp3) is 0.0500. The highest BCUT2D eigenvalue weighted by Gasteiger charge is 2.17. The molecule has 0 saturated heterocycles. The van der Waals surface area contributed by atoms with E-state index in [0.717, 1.165) is 15.7 Å². The van der Waals surface area contributed by atoms with Crippen LogP contribution in [-0.4, -0.2) is 5.91 Å². The van der Waals surface area contributed by atoms with Crippen molar-refractivity contribution in [3.05, 3.63) is 101 Å². The molecule has 0 atom stereocenters. The molecule has 3 aromatic carbocycles. The van der Waals surface area contributed by atoms with Crippen molar-refractivity contribution in [2.24, 2.45) is 0 Å². The van der Waals surface area contributed by atoms with E-state index in [1.807, 2.05) is 84.9 Å². The summed E-state index contributed by atoms with van der Waals surface area (Å²) in [6.45, 7) is 0.541. The topological polar surface area (TPSA) is 20.3 Å². The summed E-state index contributed by atoms with van der Waals surface area (Å²) in [7, 11) is 0. The fourth-order valence-corrected chi connectivity index (χ4v) is 2.67. The molecule has 0 aliphatic carbocycles. The van der Waals surface area contributed by atoms with Crippen LogP contribution in [0.1, 0.15) is 15.9 Å². The van der Waals surface area contributed by atoms with Crippen molar-refractivity contribution in [1.29, 1.82) is 0 Å². The van der Waals surface area contributed by atoms with Crippen LogP contribution in [0.2, 0.25) is 0 Å². The Kier molecular flexibility index (Phi) is 4.89. The van der Waals surface area contributed by atoms with E-state index in [-0.39, 0.29) is 5.91 Å². The van der Waals surface area contributed by atoms with Crippen LogP contribution < -0.4 is 4.90 Å². The van der Waals surface area contributed by atoms with Crippen LogP contribution >= 0.6 is 15.9 Å². The number of para-hydroxylation sites is 1. The van der Waals surface area contributed by atoms with E-state index in [2.05, 4.69) is 15.9 Å². The first-order valence-electron chi connectivity index (χ1n) is 7.40. The Labute approximate surface area is 144 Å². The molecule has 0 radical (unpaired) electrons. The molecule has 3 aromatic rings. The van der Waals surface area contributed by atoms with Crippen LogP contribution in [0.15, 0.2) is 89.4 Å². The molecule has 3 heteroatoms. The van der Waals surface area contributed by atoms with E-state index < -0.39 is 0 Å². The highest BCUT2D eigenvalue weighted by atomic mass is 79.9. The molecule has 0 unspecified atom stereocenters. The van der Waals surface area contributed by atoms with Gasteiger partial charge in [0.15, 0.2) is 0 Å². The third kappa shape index (κ3) is 3.88. The van der Waals surface area contributed by atoms with Gasteiger partial charge in [0.1, 0.15) is 0 Å². The highest BCUT2D eigenvalue weighted by molar-refractivity contribution is 9.10. The summed E-state index contributed by atoms with van der Waals surface area (Å²) >= 11 is 3.41. The molecule has 0 bridgehead atoms. The zero-order chi connectivity index (χ0) is 16.1. The zero-order valence-electron chi connectivity index (χ0n) is 12.5. The van der Waals surface area contributed by atoms with E-state index in [9.17, 15) is 4.79 Å². The Morgan fingerprint density at radius 3 is 1.96 bits per heavy atom. The molecule has 0 aliphatic heterocycles. The lowest BCUT2D eigenvalue weighted by Gasteiger charge is -2.23. The number of benzene rings is 3. The van der Waals surface area contributed by atoms with Crippen molar-refractivity contribution in [3.63, 3.8) is 0 Å². The minimum Gasteiger partial charge on any atom is -0.304 e. The number of carbonyl (C=O) groups is 1. The van der Waals surface area contributed by atoms with E-state index >= 15 is 0 Å². The lowest BCUT2D eigenvalue weighted by Crippen LogP contribution is -2.30. The molecule has 1 amide bonds. The summed E-state index contributed by atoms with van der Waals surface area (Å²) in [6.07, 6.45) is 0.